The lowest BCUT2D eigenvalue weighted by molar-refractivity contribution is 1.37. The van der Waals surface area contributed by atoms with Gasteiger partial charge in [-0.2, -0.15) is 0 Å². The Kier molecular flexibility index (Phi) is 3.16. The average Bonchev–Trinajstić information content (AvgIpc) is 2.92. The summed E-state index contributed by atoms with van der Waals surface area (Å²) in [5.74, 6) is 0.525. The summed E-state index contributed by atoms with van der Waals surface area (Å²) in [5, 5.41) is 12.4. The molecule has 0 unspecified atom stereocenters. The Labute approximate surface area is 129 Å². The van der Waals surface area contributed by atoms with Crippen LogP contribution in [-0.4, -0.2) is 23.6 Å². The van der Waals surface area contributed by atoms with E-state index in [1.54, 1.807) is 19.2 Å². The number of hydrogen-bond acceptors (Lipinski definition) is 5. The zero-order chi connectivity index (χ0) is 14.4. The van der Waals surface area contributed by atoms with Gasteiger partial charge in [-0.15, -0.1) is 0 Å². The first-order valence-electron chi connectivity index (χ1n) is 5.62. The van der Waals surface area contributed by atoms with Crippen LogP contribution in [0, 0.1) is 5.41 Å². The number of aromatic nitrogens is 1. The van der Waals surface area contributed by atoms with Gasteiger partial charge in [0, 0.05) is 18.2 Å². The van der Waals surface area contributed by atoms with Gasteiger partial charge in [-0.25, -0.2) is 9.98 Å². The van der Waals surface area contributed by atoms with Crippen molar-refractivity contribution >= 4 is 57.0 Å². The minimum Gasteiger partial charge on any atom is -0.382 e. The van der Waals surface area contributed by atoms with Gasteiger partial charge in [0.25, 0.3) is 0 Å². The molecule has 2 heterocycles. The van der Waals surface area contributed by atoms with E-state index in [0.717, 1.165) is 10.4 Å². The van der Waals surface area contributed by atoms with Gasteiger partial charge in [0.2, 0.25) is 0 Å². The Balaban J connectivity index is 2.19. The molecule has 0 spiro atoms. The standard InChI is InChI=1S/C12H9Cl2N5S/c1-17-12-19-11(16)9(20-12)8-4-2-6(13)7(14)3-5(4)10(15)18-8/h2-3,15H,16H2,1H3,(H,17,19). The van der Waals surface area contributed by atoms with Crippen LogP contribution in [0.15, 0.2) is 17.1 Å². The fourth-order valence-electron chi connectivity index (χ4n) is 1.95. The first-order valence-corrected chi connectivity index (χ1v) is 7.20. The van der Waals surface area contributed by atoms with Crippen LogP contribution >= 0.6 is 34.5 Å². The van der Waals surface area contributed by atoms with Crippen molar-refractivity contribution in [3.05, 3.63) is 38.2 Å². The normalized spacial score (nSPS) is 13.3. The molecule has 5 nitrogen and oxygen atoms in total. The summed E-state index contributed by atoms with van der Waals surface area (Å²) in [6, 6.07) is 3.35. The zero-order valence-corrected chi connectivity index (χ0v) is 12.6. The summed E-state index contributed by atoms with van der Waals surface area (Å²) in [7, 11) is 1.77. The largest absolute Gasteiger partial charge is 0.382 e. The molecule has 1 aromatic carbocycles. The van der Waals surface area contributed by atoms with Crippen LogP contribution in [0.1, 0.15) is 16.0 Å². The van der Waals surface area contributed by atoms with Gasteiger partial charge in [-0.3, -0.25) is 5.41 Å². The van der Waals surface area contributed by atoms with Crippen molar-refractivity contribution < 1.29 is 0 Å². The van der Waals surface area contributed by atoms with Crippen molar-refractivity contribution in [2.24, 2.45) is 4.99 Å². The molecule has 8 heteroatoms. The second-order valence-corrected chi connectivity index (χ2v) is 5.92. The van der Waals surface area contributed by atoms with Crippen molar-refractivity contribution in [1.29, 1.82) is 5.41 Å². The predicted octanol–water partition coefficient (Wildman–Crippen LogP) is 3.25. The predicted molar refractivity (Wildman–Crippen MR) is 85.0 cm³/mol. The molecule has 1 aromatic heterocycles. The molecule has 0 radical (unpaired) electrons. The number of rotatable bonds is 2. The lowest BCUT2D eigenvalue weighted by Crippen LogP contribution is -2.02. The Morgan fingerprint density at radius 3 is 2.50 bits per heavy atom. The number of halogens is 2. The number of benzene rings is 1. The topological polar surface area (TPSA) is 87.2 Å². The molecule has 0 bridgehead atoms. The van der Waals surface area contributed by atoms with E-state index in [-0.39, 0.29) is 5.84 Å². The van der Waals surface area contributed by atoms with Crippen LogP contribution in [0.3, 0.4) is 0 Å². The van der Waals surface area contributed by atoms with Gasteiger partial charge < -0.3 is 11.1 Å². The van der Waals surface area contributed by atoms with Crippen molar-refractivity contribution in [1.82, 2.24) is 4.98 Å². The van der Waals surface area contributed by atoms with Gasteiger partial charge in [0.1, 0.15) is 5.82 Å². The van der Waals surface area contributed by atoms with Gasteiger partial charge in [0.05, 0.1) is 20.6 Å². The Morgan fingerprint density at radius 2 is 1.90 bits per heavy atom. The number of fused-ring (bicyclic) bond motifs is 1. The Morgan fingerprint density at radius 1 is 1.25 bits per heavy atom. The second-order valence-electron chi connectivity index (χ2n) is 4.10. The van der Waals surface area contributed by atoms with E-state index in [4.69, 9.17) is 34.3 Å². The fraction of sp³-hybridized carbons (Fsp3) is 0.0833. The lowest BCUT2D eigenvalue weighted by atomic mass is 10.0. The molecule has 0 aliphatic carbocycles. The summed E-state index contributed by atoms with van der Waals surface area (Å²) < 4.78 is 0. The molecule has 3 rings (SSSR count). The van der Waals surface area contributed by atoms with Crippen LogP contribution < -0.4 is 11.1 Å². The van der Waals surface area contributed by atoms with Crippen LogP contribution in [0.25, 0.3) is 0 Å². The maximum absolute atomic E-state index is 7.94. The van der Waals surface area contributed by atoms with Gasteiger partial charge in [-0.1, -0.05) is 34.5 Å². The number of thiazole rings is 1. The Hall–Kier alpha value is -1.63. The molecule has 0 saturated carbocycles. The van der Waals surface area contributed by atoms with E-state index in [1.807, 2.05) is 0 Å². The van der Waals surface area contributed by atoms with E-state index in [2.05, 4.69) is 15.3 Å². The summed E-state index contributed by atoms with van der Waals surface area (Å²) in [6.45, 7) is 0. The molecular weight excluding hydrogens is 317 g/mol. The molecule has 0 atom stereocenters. The summed E-state index contributed by atoms with van der Waals surface area (Å²) in [5.41, 5.74) is 7.93. The fourth-order valence-corrected chi connectivity index (χ4v) is 3.12. The summed E-state index contributed by atoms with van der Waals surface area (Å²) in [4.78, 5) is 9.17. The van der Waals surface area contributed by atoms with Crippen LogP contribution in [0.2, 0.25) is 10.0 Å². The third-order valence-electron chi connectivity index (χ3n) is 2.88. The smallest absolute Gasteiger partial charge is 0.185 e. The summed E-state index contributed by atoms with van der Waals surface area (Å²) >= 11 is 13.4. The van der Waals surface area contributed by atoms with E-state index in [9.17, 15) is 0 Å². The molecule has 0 saturated heterocycles. The number of nitrogens with two attached hydrogens (primary N) is 1. The van der Waals surface area contributed by atoms with Crippen LogP contribution in [0.5, 0.6) is 0 Å². The van der Waals surface area contributed by atoms with E-state index < -0.39 is 0 Å². The lowest BCUT2D eigenvalue weighted by Gasteiger charge is -2.04. The maximum atomic E-state index is 7.94. The molecule has 0 fully saturated rings. The van der Waals surface area contributed by atoms with E-state index in [1.165, 1.54) is 11.3 Å². The number of amidine groups is 1. The average molecular weight is 326 g/mol. The van der Waals surface area contributed by atoms with E-state index in [0.29, 0.717) is 32.3 Å². The number of nitrogens with one attached hydrogen (secondary N) is 2. The maximum Gasteiger partial charge on any atom is 0.185 e. The number of hydrogen-bond donors (Lipinski definition) is 3. The number of aliphatic imine (C=N–C) groups is 1. The molecule has 102 valence electrons. The third kappa shape index (κ3) is 1.96. The number of nitrogens with zero attached hydrogens (tertiary/aromatic N) is 2. The first-order chi connectivity index (χ1) is 9.51. The van der Waals surface area contributed by atoms with Gasteiger partial charge in [-0.05, 0) is 12.1 Å². The number of nitrogen functional groups attached to an aromatic ring is 1. The molecule has 4 N–H and O–H groups in total. The van der Waals surface area contributed by atoms with Crippen molar-refractivity contribution in [2.45, 2.75) is 0 Å². The molecule has 1 aliphatic heterocycles. The first kappa shape index (κ1) is 13.4. The molecule has 2 aromatic rings. The minimum atomic E-state index is 0.146. The van der Waals surface area contributed by atoms with Crippen molar-refractivity contribution in [2.75, 3.05) is 18.1 Å². The van der Waals surface area contributed by atoms with Crippen molar-refractivity contribution in [3.63, 3.8) is 0 Å². The third-order valence-corrected chi connectivity index (χ3v) is 4.69. The molecule has 20 heavy (non-hydrogen) atoms. The Bertz CT molecular complexity index is 765. The quantitative estimate of drug-likeness (QED) is 0.792. The SMILES string of the molecule is CNc1nc(N)c(C2=NC(=N)c3cc(Cl)c(Cl)cc32)s1. The molecule has 1 aliphatic rings. The highest BCUT2D eigenvalue weighted by Crippen LogP contribution is 2.35. The van der Waals surface area contributed by atoms with Crippen molar-refractivity contribution in [3.8, 4) is 0 Å². The minimum absolute atomic E-state index is 0.146. The van der Waals surface area contributed by atoms with Crippen LogP contribution in [-0.2, 0) is 0 Å². The van der Waals surface area contributed by atoms with E-state index >= 15 is 0 Å². The zero-order valence-electron chi connectivity index (χ0n) is 10.3. The molecule has 0 amide bonds. The number of anilines is 2. The molecular formula is C12H9Cl2N5S. The van der Waals surface area contributed by atoms with Crippen LogP contribution in [0.4, 0.5) is 10.9 Å². The highest BCUT2D eigenvalue weighted by atomic mass is 35.5. The van der Waals surface area contributed by atoms with Gasteiger partial charge >= 0.3 is 0 Å². The monoisotopic (exact) mass is 325 g/mol. The second kappa shape index (κ2) is 4.73. The van der Waals surface area contributed by atoms with Gasteiger partial charge in [0.15, 0.2) is 11.0 Å². The summed E-state index contributed by atoms with van der Waals surface area (Å²) in [6.07, 6.45) is 0. The highest BCUT2D eigenvalue weighted by molar-refractivity contribution is 7.18. The highest BCUT2D eigenvalue weighted by Gasteiger charge is 2.26.